The summed E-state index contributed by atoms with van der Waals surface area (Å²) in [6, 6.07) is 11.8. The van der Waals surface area contributed by atoms with Gasteiger partial charge in [0.1, 0.15) is 5.82 Å². The van der Waals surface area contributed by atoms with E-state index in [2.05, 4.69) is 26.3 Å². The average Bonchev–Trinajstić information content (AvgIpc) is 3.16. The van der Waals surface area contributed by atoms with E-state index in [4.69, 9.17) is 0 Å². The normalized spacial score (nSPS) is 24.0. The highest BCUT2D eigenvalue weighted by molar-refractivity contribution is 8.18. The molecule has 3 aliphatic rings. The molecular formula is C25H26FN5O2S. The van der Waals surface area contributed by atoms with Gasteiger partial charge in [0, 0.05) is 29.7 Å². The van der Waals surface area contributed by atoms with Crippen molar-refractivity contribution in [1.82, 2.24) is 21.3 Å². The molecule has 1 saturated heterocycles. The Hall–Kier alpha value is -3.17. The third-order valence-electron chi connectivity index (χ3n) is 6.36. The molecule has 2 heterocycles. The molecule has 9 heteroatoms. The highest BCUT2D eigenvalue weighted by Gasteiger charge is 2.26. The predicted octanol–water partition coefficient (Wildman–Crippen LogP) is 3.68. The van der Waals surface area contributed by atoms with E-state index in [1.165, 1.54) is 0 Å². The fourth-order valence-corrected chi connectivity index (χ4v) is 5.24. The second-order valence-electron chi connectivity index (χ2n) is 8.65. The monoisotopic (exact) mass is 479 g/mol. The van der Waals surface area contributed by atoms with Crippen molar-refractivity contribution in [2.45, 2.75) is 44.3 Å². The Kier molecular flexibility index (Phi) is 6.64. The van der Waals surface area contributed by atoms with E-state index in [0.717, 1.165) is 54.1 Å². The van der Waals surface area contributed by atoms with Gasteiger partial charge < -0.3 is 16.0 Å². The van der Waals surface area contributed by atoms with Gasteiger partial charge in [-0.3, -0.25) is 14.9 Å². The number of benzene rings is 2. The molecule has 176 valence electrons. The molecule has 2 aromatic rings. The number of guanidine groups is 1. The van der Waals surface area contributed by atoms with Crippen molar-refractivity contribution < 1.29 is 14.0 Å². The van der Waals surface area contributed by atoms with Crippen LogP contribution in [0.1, 0.15) is 31.2 Å². The summed E-state index contributed by atoms with van der Waals surface area (Å²) in [5, 5.41) is 13.9. The Labute approximate surface area is 201 Å². The molecule has 2 fully saturated rings. The molecule has 4 N–H and O–H groups in total. The fourth-order valence-electron chi connectivity index (χ4n) is 4.57. The standard InChI is InChI=1S/C25H26FN5O2S/c26-21-10-5-15(19-3-1-2-4-20(19)21)14-28-16-6-8-17(9-7-16)29-24-27-12-11-18(30-24)13-22-23(32)31-25(33)34-22/h1-5,10-11,13,16-17,28H,6-9,12,14H2,(H2,27,29,30)(H,31,32,33)/b22-13-. The molecule has 0 radical (unpaired) electrons. The van der Waals surface area contributed by atoms with E-state index in [-0.39, 0.29) is 17.0 Å². The van der Waals surface area contributed by atoms with Crippen LogP contribution >= 0.6 is 11.8 Å². The first-order chi connectivity index (χ1) is 16.5. The number of carbonyl (C=O) groups is 2. The lowest BCUT2D eigenvalue weighted by atomic mass is 9.91. The molecule has 0 aromatic heterocycles. The van der Waals surface area contributed by atoms with Crippen LogP contribution in [0.15, 0.2) is 64.1 Å². The third kappa shape index (κ3) is 5.15. The van der Waals surface area contributed by atoms with Crippen molar-refractivity contribution in [3.63, 3.8) is 0 Å². The molecule has 0 atom stereocenters. The molecule has 7 nitrogen and oxygen atoms in total. The predicted molar refractivity (Wildman–Crippen MR) is 133 cm³/mol. The first-order valence-corrected chi connectivity index (χ1v) is 12.3. The lowest BCUT2D eigenvalue weighted by molar-refractivity contribution is -0.115. The molecule has 2 aliphatic heterocycles. The SMILES string of the molecule is O=C1NC(=O)/C(=C/C2=CCN=C(NC3CCC(NCc4ccc(F)c5ccccc45)CC3)N2)S1. The van der Waals surface area contributed by atoms with Gasteiger partial charge in [0.2, 0.25) is 0 Å². The van der Waals surface area contributed by atoms with Crippen LogP contribution in [0, 0.1) is 5.82 Å². The average molecular weight is 480 g/mol. The van der Waals surface area contributed by atoms with E-state index in [1.54, 1.807) is 12.1 Å². The van der Waals surface area contributed by atoms with Crippen LogP contribution in [0.25, 0.3) is 10.8 Å². The fraction of sp³-hybridized carbons (Fsp3) is 0.320. The van der Waals surface area contributed by atoms with E-state index in [0.29, 0.717) is 41.4 Å². The number of rotatable bonds is 5. The van der Waals surface area contributed by atoms with Crippen LogP contribution in [0.2, 0.25) is 0 Å². The summed E-state index contributed by atoms with van der Waals surface area (Å²) in [5.74, 6) is 0.144. The third-order valence-corrected chi connectivity index (χ3v) is 7.17. The number of carbonyl (C=O) groups excluding carboxylic acids is 2. The summed E-state index contributed by atoms with van der Waals surface area (Å²) in [7, 11) is 0. The number of hydrogen-bond acceptors (Lipinski definition) is 7. The minimum Gasteiger partial charge on any atom is -0.353 e. The van der Waals surface area contributed by atoms with Crippen molar-refractivity contribution in [2.24, 2.45) is 4.99 Å². The van der Waals surface area contributed by atoms with Crippen LogP contribution in [0.3, 0.4) is 0 Å². The molecule has 5 rings (SSSR count). The maximum Gasteiger partial charge on any atom is 0.290 e. The molecule has 0 unspecified atom stereocenters. The van der Waals surface area contributed by atoms with E-state index < -0.39 is 0 Å². The quantitative estimate of drug-likeness (QED) is 0.489. The number of fused-ring (bicyclic) bond motifs is 1. The second-order valence-corrected chi connectivity index (χ2v) is 9.67. The number of aliphatic imine (C=N–C) groups is 1. The molecule has 34 heavy (non-hydrogen) atoms. The maximum absolute atomic E-state index is 14.1. The zero-order valence-corrected chi connectivity index (χ0v) is 19.4. The van der Waals surface area contributed by atoms with Gasteiger partial charge in [-0.25, -0.2) is 9.38 Å². The summed E-state index contributed by atoms with van der Waals surface area (Å²) in [6.07, 6.45) is 7.66. The largest absolute Gasteiger partial charge is 0.353 e. The van der Waals surface area contributed by atoms with Crippen molar-refractivity contribution in [3.05, 3.63) is 70.5 Å². The van der Waals surface area contributed by atoms with Crippen LogP contribution in [0.5, 0.6) is 0 Å². The minimum atomic E-state index is -0.367. The van der Waals surface area contributed by atoms with Crippen molar-refractivity contribution in [1.29, 1.82) is 0 Å². The first kappa shape index (κ1) is 22.6. The topological polar surface area (TPSA) is 94.6 Å². The molecular weight excluding hydrogens is 453 g/mol. The van der Waals surface area contributed by atoms with Gasteiger partial charge >= 0.3 is 0 Å². The number of nitrogens with zero attached hydrogens (tertiary/aromatic N) is 1. The van der Waals surface area contributed by atoms with Crippen molar-refractivity contribution >= 4 is 39.6 Å². The molecule has 0 spiro atoms. The number of amides is 2. The number of hydrogen-bond donors (Lipinski definition) is 4. The summed E-state index contributed by atoms with van der Waals surface area (Å²) in [5.41, 5.74) is 1.87. The Morgan fingerprint density at radius 3 is 2.56 bits per heavy atom. The van der Waals surface area contributed by atoms with Gasteiger partial charge in [0.15, 0.2) is 5.96 Å². The lowest BCUT2D eigenvalue weighted by Gasteiger charge is -2.31. The Morgan fingerprint density at radius 1 is 1.03 bits per heavy atom. The van der Waals surface area contributed by atoms with Gasteiger partial charge in [-0.2, -0.15) is 0 Å². The zero-order chi connectivity index (χ0) is 23.5. The number of thioether (sulfide) groups is 1. The van der Waals surface area contributed by atoms with Gasteiger partial charge in [0.05, 0.1) is 11.4 Å². The van der Waals surface area contributed by atoms with Crippen molar-refractivity contribution in [3.8, 4) is 0 Å². The molecule has 2 aromatic carbocycles. The summed E-state index contributed by atoms with van der Waals surface area (Å²) in [6.45, 7) is 1.23. The van der Waals surface area contributed by atoms with Crippen LogP contribution in [-0.2, 0) is 11.3 Å². The van der Waals surface area contributed by atoms with Gasteiger partial charge in [-0.15, -0.1) is 0 Å². The molecule has 1 saturated carbocycles. The Morgan fingerprint density at radius 2 is 1.79 bits per heavy atom. The lowest BCUT2D eigenvalue weighted by Crippen LogP contribution is -2.47. The van der Waals surface area contributed by atoms with Crippen LogP contribution in [-0.4, -0.2) is 35.7 Å². The van der Waals surface area contributed by atoms with E-state index >= 15 is 0 Å². The van der Waals surface area contributed by atoms with Crippen molar-refractivity contribution in [2.75, 3.05) is 6.54 Å². The van der Waals surface area contributed by atoms with Crippen LogP contribution < -0.4 is 21.3 Å². The van der Waals surface area contributed by atoms with Crippen LogP contribution in [0.4, 0.5) is 9.18 Å². The van der Waals surface area contributed by atoms with Gasteiger partial charge in [-0.05, 0) is 66.6 Å². The number of halogens is 1. The highest BCUT2D eigenvalue weighted by atomic mass is 32.2. The number of allylic oxidation sites excluding steroid dienone is 1. The Balaban J connectivity index is 1.10. The first-order valence-electron chi connectivity index (χ1n) is 11.5. The smallest absolute Gasteiger partial charge is 0.290 e. The number of nitrogens with one attached hydrogen (secondary N) is 4. The minimum absolute atomic E-state index is 0.182. The zero-order valence-electron chi connectivity index (χ0n) is 18.6. The Bertz CT molecular complexity index is 1220. The van der Waals surface area contributed by atoms with E-state index in [9.17, 15) is 14.0 Å². The van der Waals surface area contributed by atoms with Gasteiger partial charge in [-0.1, -0.05) is 30.3 Å². The maximum atomic E-state index is 14.1. The highest BCUT2D eigenvalue weighted by Crippen LogP contribution is 2.25. The molecule has 0 bridgehead atoms. The summed E-state index contributed by atoms with van der Waals surface area (Å²) < 4.78 is 14.1. The molecule has 1 aliphatic carbocycles. The number of imide groups is 1. The van der Waals surface area contributed by atoms with E-state index in [1.807, 2.05) is 36.4 Å². The summed E-state index contributed by atoms with van der Waals surface area (Å²) in [4.78, 5) is 28.0. The molecule has 2 amide bonds. The van der Waals surface area contributed by atoms with Gasteiger partial charge in [0.25, 0.3) is 11.1 Å². The summed E-state index contributed by atoms with van der Waals surface area (Å²) >= 11 is 0.903. The second kappa shape index (κ2) is 9.99.